The Labute approximate surface area is 173 Å². The number of carboxylic acids is 1. The minimum Gasteiger partial charge on any atom is -0.493 e. The number of benzene rings is 2. The Morgan fingerprint density at radius 1 is 1.03 bits per heavy atom. The van der Waals surface area contributed by atoms with Gasteiger partial charge in [0.05, 0.1) is 12.2 Å². The summed E-state index contributed by atoms with van der Waals surface area (Å²) in [5.41, 5.74) is 2.96. The van der Waals surface area contributed by atoms with Gasteiger partial charge in [0.1, 0.15) is 5.75 Å². The van der Waals surface area contributed by atoms with E-state index in [1.165, 1.54) is 51.7 Å². The third-order valence-electron chi connectivity index (χ3n) is 6.68. The first kappa shape index (κ1) is 20.0. The highest BCUT2D eigenvalue weighted by atomic mass is 16.5. The third kappa shape index (κ3) is 4.99. The molecule has 2 aromatic carbocycles. The second-order valence-corrected chi connectivity index (χ2v) is 9.10. The highest BCUT2D eigenvalue weighted by Gasteiger charge is 2.34. The molecule has 0 unspecified atom stereocenters. The number of carboxylic acid groups (broad SMARTS) is 1. The molecular formula is C25H31NO3. The number of ether oxygens (including phenoxy) is 1. The summed E-state index contributed by atoms with van der Waals surface area (Å²) in [5.74, 6) is 0.646. The van der Waals surface area contributed by atoms with E-state index in [0.29, 0.717) is 16.9 Å². The Kier molecular flexibility index (Phi) is 5.91. The average molecular weight is 394 g/mol. The Balaban J connectivity index is 1.24. The largest absolute Gasteiger partial charge is 0.493 e. The molecule has 1 heterocycles. The molecule has 0 atom stereocenters. The molecule has 0 bridgehead atoms. The number of hydrogen-bond acceptors (Lipinski definition) is 3. The predicted octanol–water partition coefficient (Wildman–Crippen LogP) is 5.33. The summed E-state index contributed by atoms with van der Waals surface area (Å²) < 4.78 is 6.06. The van der Waals surface area contributed by atoms with Crippen LogP contribution < -0.4 is 4.74 Å². The Hall–Kier alpha value is -2.33. The zero-order valence-corrected chi connectivity index (χ0v) is 17.3. The van der Waals surface area contributed by atoms with Crippen molar-refractivity contribution in [2.45, 2.75) is 39.0 Å². The molecule has 0 radical (unpaired) electrons. The minimum absolute atomic E-state index is 0.307. The molecule has 0 spiro atoms. The number of piperidine rings is 1. The highest BCUT2D eigenvalue weighted by Crippen LogP contribution is 2.41. The molecule has 2 aliphatic rings. The van der Waals surface area contributed by atoms with Gasteiger partial charge in [0.25, 0.3) is 0 Å². The van der Waals surface area contributed by atoms with Crippen LogP contribution in [0.5, 0.6) is 5.75 Å². The summed E-state index contributed by atoms with van der Waals surface area (Å²) in [5, 5.41) is 9.01. The number of nitrogens with zero attached hydrogens (tertiary/aromatic N) is 1. The molecule has 4 heteroatoms. The van der Waals surface area contributed by atoms with E-state index in [4.69, 9.17) is 9.84 Å². The van der Waals surface area contributed by atoms with Crippen LogP contribution in [0.1, 0.15) is 49.4 Å². The van der Waals surface area contributed by atoms with E-state index >= 15 is 0 Å². The normalized spacial score (nSPS) is 19.5. The molecule has 1 aliphatic heterocycles. The molecule has 0 aromatic heterocycles. The lowest BCUT2D eigenvalue weighted by atomic mass is 9.70. The van der Waals surface area contributed by atoms with Crippen LogP contribution in [0, 0.1) is 11.3 Å². The lowest BCUT2D eigenvalue weighted by Gasteiger charge is -2.44. The molecule has 29 heavy (non-hydrogen) atoms. The second-order valence-electron chi connectivity index (χ2n) is 9.10. The van der Waals surface area contributed by atoms with Gasteiger partial charge >= 0.3 is 5.97 Å². The summed E-state index contributed by atoms with van der Waals surface area (Å²) in [6.45, 7) is 6.91. The molecule has 0 amide bonds. The van der Waals surface area contributed by atoms with E-state index in [-0.39, 0.29) is 0 Å². The first-order chi connectivity index (χ1) is 14.0. The number of rotatable bonds is 7. The van der Waals surface area contributed by atoms with Crippen molar-refractivity contribution in [3.63, 3.8) is 0 Å². The molecule has 4 rings (SSSR count). The molecule has 154 valence electrons. The molecule has 1 N–H and O–H groups in total. The van der Waals surface area contributed by atoms with Gasteiger partial charge in [-0.05, 0) is 85.5 Å². The quantitative estimate of drug-likeness (QED) is 0.690. The van der Waals surface area contributed by atoms with Crippen LogP contribution >= 0.6 is 0 Å². The van der Waals surface area contributed by atoms with Gasteiger partial charge < -0.3 is 14.7 Å². The summed E-state index contributed by atoms with van der Waals surface area (Å²) in [4.78, 5) is 13.6. The van der Waals surface area contributed by atoms with Crippen molar-refractivity contribution in [1.82, 2.24) is 4.90 Å². The maximum atomic E-state index is 11.0. The molecule has 1 saturated carbocycles. The van der Waals surface area contributed by atoms with Gasteiger partial charge in [0, 0.05) is 6.54 Å². The number of aromatic carboxylic acids is 1. The van der Waals surface area contributed by atoms with Gasteiger partial charge in [-0.25, -0.2) is 4.79 Å². The number of hydrogen-bond donors (Lipinski definition) is 1. The fourth-order valence-corrected chi connectivity index (χ4v) is 4.55. The maximum Gasteiger partial charge on any atom is 0.335 e. The average Bonchev–Trinajstić information content (AvgIpc) is 2.72. The fraction of sp³-hybridized carbons (Fsp3) is 0.480. The van der Waals surface area contributed by atoms with Crippen molar-refractivity contribution < 1.29 is 14.6 Å². The van der Waals surface area contributed by atoms with Gasteiger partial charge in [-0.15, -0.1) is 0 Å². The van der Waals surface area contributed by atoms with Gasteiger partial charge in [-0.1, -0.05) is 37.6 Å². The highest BCUT2D eigenvalue weighted by molar-refractivity contribution is 5.88. The Bertz CT molecular complexity index is 816. The van der Waals surface area contributed by atoms with Crippen LogP contribution in [-0.2, 0) is 0 Å². The Morgan fingerprint density at radius 2 is 1.62 bits per heavy atom. The monoisotopic (exact) mass is 393 g/mol. The van der Waals surface area contributed by atoms with Crippen LogP contribution in [0.2, 0.25) is 0 Å². The van der Waals surface area contributed by atoms with E-state index in [2.05, 4.69) is 11.8 Å². The van der Waals surface area contributed by atoms with E-state index in [1.807, 2.05) is 36.4 Å². The van der Waals surface area contributed by atoms with Crippen molar-refractivity contribution in [3.05, 3.63) is 54.1 Å². The van der Waals surface area contributed by atoms with Crippen molar-refractivity contribution in [3.8, 4) is 16.9 Å². The third-order valence-corrected chi connectivity index (χ3v) is 6.68. The van der Waals surface area contributed by atoms with Gasteiger partial charge in [0.2, 0.25) is 0 Å². The van der Waals surface area contributed by atoms with E-state index in [1.54, 1.807) is 12.1 Å². The molecular weight excluding hydrogens is 362 g/mol. The zero-order chi connectivity index (χ0) is 20.3. The van der Waals surface area contributed by atoms with Crippen LogP contribution in [0.3, 0.4) is 0 Å². The summed E-state index contributed by atoms with van der Waals surface area (Å²) >= 11 is 0. The summed E-state index contributed by atoms with van der Waals surface area (Å²) in [7, 11) is 0. The lowest BCUT2D eigenvalue weighted by Crippen LogP contribution is -2.44. The molecule has 4 nitrogen and oxygen atoms in total. The van der Waals surface area contributed by atoms with E-state index in [9.17, 15) is 4.79 Å². The molecule has 1 saturated heterocycles. The predicted molar refractivity (Wildman–Crippen MR) is 115 cm³/mol. The van der Waals surface area contributed by atoms with Crippen LogP contribution in [0.4, 0.5) is 0 Å². The van der Waals surface area contributed by atoms with Gasteiger partial charge in [-0.3, -0.25) is 0 Å². The van der Waals surface area contributed by atoms with Gasteiger partial charge in [-0.2, -0.15) is 0 Å². The zero-order valence-electron chi connectivity index (χ0n) is 17.3. The SMILES string of the molecule is CC1(CN2CCC(COc3ccc(-c4ccc(C(=O)O)cc4)cc3)CC2)CCC1. The minimum atomic E-state index is -0.900. The van der Waals surface area contributed by atoms with Crippen LogP contribution in [0.25, 0.3) is 11.1 Å². The summed E-state index contributed by atoms with van der Waals surface area (Å²) in [6, 6.07) is 15.0. The first-order valence-electron chi connectivity index (χ1n) is 10.8. The standard InChI is InChI=1S/C25H31NO3/c1-25(13-2-14-25)18-26-15-11-19(12-16-26)17-29-23-9-7-21(8-10-23)20-3-5-22(6-4-20)24(27)28/h3-10,19H,2,11-18H2,1H3,(H,27,28). The molecule has 2 aromatic rings. The van der Waals surface area contributed by atoms with E-state index in [0.717, 1.165) is 23.5 Å². The number of likely N-dealkylation sites (tertiary alicyclic amines) is 1. The Morgan fingerprint density at radius 3 is 2.14 bits per heavy atom. The van der Waals surface area contributed by atoms with Crippen molar-refractivity contribution in [2.24, 2.45) is 11.3 Å². The van der Waals surface area contributed by atoms with Gasteiger partial charge in [0.15, 0.2) is 0 Å². The van der Waals surface area contributed by atoms with Crippen molar-refractivity contribution >= 4 is 5.97 Å². The van der Waals surface area contributed by atoms with E-state index < -0.39 is 5.97 Å². The number of carbonyl (C=O) groups is 1. The fourth-order valence-electron chi connectivity index (χ4n) is 4.55. The first-order valence-corrected chi connectivity index (χ1v) is 10.8. The second kappa shape index (κ2) is 8.58. The van der Waals surface area contributed by atoms with Crippen LogP contribution in [-0.4, -0.2) is 42.2 Å². The molecule has 1 aliphatic carbocycles. The van der Waals surface area contributed by atoms with Crippen molar-refractivity contribution in [1.29, 1.82) is 0 Å². The van der Waals surface area contributed by atoms with Crippen LogP contribution in [0.15, 0.2) is 48.5 Å². The maximum absolute atomic E-state index is 11.0. The molecule has 2 fully saturated rings. The topological polar surface area (TPSA) is 49.8 Å². The smallest absolute Gasteiger partial charge is 0.335 e. The van der Waals surface area contributed by atoms with Crippen molar-refractivity contribution in [2.75, 3.05) is 26.2 Å². The summed E-state index contributed by atoms with van der Waals surface area (Å²) in [6.07, 6.45) is 6.66. The lowest BCUT2D eigenvalue weighted by molar-refractivity contribution is 0.0564.